The second-order valence-corrected chi connectivity index (χ2v) is 9.43. The number of carbonyl (C=O) groups is 2. The molecule has 1 aromatic rings. The van der Waals surface area contributed by atoms with Crippen LogP contribution in [0, 0.1) is 11.8 Å². The number of nitrogens with zero attached hydrogens (tertiary/aromatic N) is 2. The molecular formula is C25H37N3O4. The van der Waals surface area contributed by atoms with E-state index < -0.39 is 0 Å². The predicted molar refractivity (Wildman–Crippen MR) is 123 cm³/mol. The van der Waals surface area contributed by atoms with E-state index in [0.717, 1.165) is 18.5 Å². The monoisotopic (exact) mass is 443 g/mol. The number of rotatable bonds is 8. The van der Waals surface area contributed by atoms with Gasteiger partial charge in [-0.1, -0.05) is 12.5 Å². The minimum Gasteiger partial charge on any atom is -0.493 e. The number of nitrogens with one attached hydrogen (secondary N) is 1. The van der Waals surface area contributed by atoms with E-state index in [4.69, 9.17) is 9.47 Å². The SMILES string of the molecule is COc1ccc(CCN2C[C@H](C(=O)NC[C@H]3CCCN4CCCC[C@@H]34)CC2=O)cc1OC. The molecular weight excluding hydrogens is 406 g/mol. The smallest absolute Gasteiger partial charge is 0.225 e. The van der Waals surface area contributed by atoms with E-state index in [9.17, 15) is 9.59 Å². The van der Waals surface area contributed by atoms with Gasteiger partial charge in [0.2, 0.25) is 11.8 Å². The van der Waals surface area contributed by atoms with Crippen LogP contribution in [0.3, 0.4) is 0 Å². The largest absolute Gasteiger partial charge is 0.493 e. The molecule has 0 spiro atoms. The van der Waals surface area contributed by atoms with Crippen molar-refractivity contribution in [1.82, 2.24) is 15.1 Å². The van der Waals surface area contributed by atoms with Gasteiger partial charge in [0.15, 0.2) is 11.5 Å². The molecule has 2 amide bonds. The van der Waals surface area contributed by atoms with E-state index in [2.05, 4.69) is 10.2 Å². The molecule has 176 valence electrons. The first-order chi connectivity index (χ1) is 15.6. The number of carbonyl (C=O) groups excluding carboxylic acids is 2. The molecule has 7 heteroatoms. The van der Waals surface area contributed by atoms with Crippen molar-refractivity contribution >= 4 is 11.8 Å². The molecule has 3 saturated heterocycles. The highest BCUT2D eigenvalue weighted by molar-refractivity contribution is 5.89. The lowest BCUT2D eigenvalue weighted by Crippen LogP contribution is -2.51. The highest BCUT2D eigenvalue weighted by atomic mass is 16.5. The van der Waals surface area contributed by atoms with Crippen LogP contribution in [0.5, 0.6) is 11.5 Å². The van der Waals surface area contributed by atoms with Crippen molar-refractivity contribution < 1.29 is 19.1 Å². The third kappa shape index (κ3) is 5.20. The molecule has 7 nitrogen and oxygen atoms in total. The molecule has 0 unspecified atom stereocenters. The molecule has 0 bridgehead atoms. The van der Waals surface area contributed by atoms with Crippen molar-refractivity contribution in [2.75, 3.05) is 46.9 Å². The van der Waals surface area contributed by atoms with Crippen LogP contribution in [-0.2, 0) is 16.0 Å². The molecule has 0 radical (unpaired) electrons. The van der Waals surface area contributed by atoms with E-state index in [1.54, 1.807) is 14.2 Å². The minimum absolute atomic E-state index is 0.0416. The fraction of sp³-hybridized carbons (Fsp3) is 0.680. The summed E-state index contributed by atoms with van der Waals surface area (Å²) in [6.45, 7) is 4.29. The van der Waals surface area contributed by atoms with Gasteiger partial charge in [-0.15, -0.1) is 0 Å². The van der Waals surface area contributed by atoms with Gasteiger partial charge in [0.25, 0.3) is 0 Å². The first-order valence-electron chi connectivity index (χ1n) is 12.1. The zero-order chi connectivity index (χ0) is 22.5. The second kappa shape index (κ2) is 10.6. The number of amides is 2. The Morgan fingerprint density at radius 1 is 1.09 bits per heavy atom. The van der Waals surface area contributed by atoms with Crippen molar-refractivity contribution in [3.63, 3.8) is 0 Å². The highest BCUT2D eigenvalue weighted by Gasteiger charge is 2.36. The number of piperidine rings is 2. The van der Waals surface area contributed by atoms with Gasteiger partial charge in [-0.25, -0.2) is 0 Å². The lowest BCUT2D eigenvalue weighted by Gasteiger charge is -2.44. The summed E-state index contributed by atoms with van der Waals surface area (Å²) in [5.41, 5.74) is 1.08. The first kappa shape index (κ1) is 22.9. The number of likely N-dealkylation sites (tertiary alicyclic amines) is 1. The third-order valence-corrected chi connectivity index (χ3v) is 7.47. The topological polar surface area (TPSA) is 71.1 Å². The number of fused-ring (bicyclic) bond motifs is 1. The van der Waals surface area contributed by atoms with Crippen LogP contribution in [0.25, 0.3) is 0 Å². The second-order valence-electron chi connectivity index (χ2n) is 9.43. The summed E-state index contributed by atoms with van der Waals surface area (Å²) in [5.74, 6) is 1.81. The molecule has 0 saturated carbocycles. The van der Waals surface area contributed by atoms with Crippen molar-refractivity contribution in [3.05, 3.63) is 23.8 Å². The van der Waals surface area contributed by atoms with Gasteiger partial charge in [0.1, 0.15) is 0 Å². The standard InChI is InChI=1S/C25H37N3O4/c1-31-22-9-8-18(14-23(22)32-2)10-13-28-17-20(15-24(28)29)25(30)26-16-19-6-5-12-27-11-4-3-7-21(19)27/h8-9,14,19-21H,3-7,10-13,15-17H2,1-2H3,(H,26,30)/t19-,20-,21+/m1/s1. The Labute approximate surface area is 191 Å². The Kier molecular flexibility index (Phi) is 7.55. The van der Waals surface area contributed by atoms with Gasteiger partial charge in [0, 0.05) is 32.1 Å². The van der Waals surface area contributed by atoms with Crippen LogP contribution in [0.15, 0.2) is 18.2 Å². The van der Waals surface area contributed by atoms with Crippen molar-refractivity contribution in [2.24, 2.45) is 11.8 Å². The fourth-order valence-corrected chi connectivity index (χ4v) is 5.66. The van der Waals surface area contributed by atoms with Gasteiger partial charge in [0.05, 0.1) is 20.1 Å². The van der Waals surface area contributed by atoms with Crippen LogP contribution in [0.2, 0.25) is 0 Å². The number of hydrogen-bond acceptors (Lipinski definition) is 5. The number of hydrogen-bond donors (Lipinski definition) is 1. The summed E-state index contributed by atoms with van der Waals surface area (Å²) >= 11 is 0. The number of benzene rings is 1. The maximum atomic E-state index is 12.8. The van der Waals surface area contributed by atoms with Crippen molar-refractivity contribution in [1.29, 1.82) is 0 Å². The van der Waals surface area contributed by atoms with Gasteiger partial charge in [-0.3, -0.25) is 9.59 Å². The first-order valence-corrected chi connectivity index (χ1v) is 12.1. The molecule has 0 aliphatic carbocycles. The molecule has 3 fully saturated rings. The fourth-order valence-electron chi connectivity index (χ4n) is 5.66. The quantitative estimate of drug-likeness (QED) is 0.668. The molecule has 4 rings (SSSR count). The van der Waals surface area contributed by atoms with Crippen LogP contribution >= 0.6 is 0 Å². The average Bonchev–Trinajstić information content (AvgIpc) is 3.21. The van der Waals surface area contributed by atoms with E-state index in [1.807, 2.05) is 23.1 Å². The maximum Gasteiger partial charge on any atom is 0.225 e. The molecule has 3 aliphatic rings. The Balaban J connectivity index is 1.25. The van der Waals surface area contributed by atoms with Crippen LogP contribution in [0.4, 0.5) is 0 Å². The minimum atomic E-state index is -0.237. The maximum absolute atomic E-state index is 12.8. The van der Waals surface area contributed by atoms with E-state index >= 15 is 0 Å². The number of ether oxygens (including phenoxy) is 2. The van der Waals surface area contributed by atoms with Gasteiger partial charge in [-0.05, 0) is 68.8 Å². The van der Waals surface area contributed by atoms with Crippen molar-refractivity contribution in [2.45, 2.75) is 51.0 Å². The highest BCUT2D eigenvalue weighted by Crippen LogP contribution is 2.31. The molecule has 3 atom stereocenters. The Hall–Kier alpha value is -2.28. The van der Waals surface area contributed by atoms with Crippen LogP contribution in [-0.4, -0.2) is 74.6 Å². The van der Waals surface area contributed by atoms with Gasteiger partial charge >= 0.3 is 0 Å². The Bertz CT molecular complexity index is 812. The van der Waals surface area contributed by atoms with Crippen LogP contribution in [0.1, 0.15) is 44.1 Å². The number of methoxy groups -OCH3 is 2. The van der Waals surface area contributed by atoms with Crippen LogP contribution < -0.4 is 14.8 Å². The Morgan fingerprint density at radius 2 is 1.91 bits per heavy atom. The zero-order valence-electron chi connectivity index (χ0n) is 19.5. The molecule has 3 heterocycles. The van der Waals surface area contributed by atoms with Gasteiger partial charge in [-0.2, -0.15) is 0 Å². The summed E-state index contributed by atoms with van der Waals surface area (Å²) in [4.78, 5) is 29.8. The van der Waals surface area contributed by atoms with Crippen molar-refractivity contribution in [3.8, 4) is 11.5 Å². The van der Waals surface area contributed by atoms with E-state index in [1.165, 1.54) is 45.2 Å². The molecule has 32 heavy (non-hydrogen) atoms. The molecule has 1 N–H and O–H groups in total. The Morgan fingerprint density at radius 3 is 2.72 bits per heavy atom. The summed E-state index contributed by atoms with van der Waals surface area (Å²) in [5, 5.41) is 3.20. The van der Waals surface area contributed by atoms with E-state index in [-0.39, 0.29) is 17.7 Å². The molecule has 0 aromatic heterocycles. The summed E-state index contributed by atoms with van der Waals surface area (Å²) in [6.07, 6.45) is 7.33. The van der Waals surface area contributed by atoms with Gasteiger partial charge < -0.3 is 24.6 Å². The average molecular weight is 444 g/mol. The summed E-state index contributed by atoms with van der Waals surface area (Å²) in [6, 6.07) is 6.45. The lowest BCUT2D eigenvalue weighted by atomic mass is 9.83. The molecule has 3 aliphatic heterocycles. The summed E-state index contributed by atoms with van der Waals surface area (Å²) < 4.78 is 10.7. The van der Waals surface area contributed by atoms with E-state index in [0.29, 0.717) is 43.0 Å². The molecule has 1 aromatic carbocycles. The zero-order valence-corrected chi connectivity index (χ0v) is 19.5. The lowest BCUT2D eigenvalue weighted by molar-refractivity contribution is -0.129. The third-order valence-electron chi connectivity index (χ3n) is 7.47. The normalized spacial score (nSPS) is 26.0. The summed E-state index contributed by atoms with van der Waals surface area (Å²) in [7, 11) is 3.24. The predicted octanol–water partition coefficient (Wildman–Crippen LogP) is 2.48.